The Hall–Kier alpha value is -2.45. The molecular weight excluding hydrogens is 348 g/mol. The molecule has 8 heteroatoms. The van der Waals surface area contributed by atoms with Crippen molar-refractivity contribution in [3.8, 4) is 0 Å². The van der Waals surface area contributed by atoms with E-state index in [9.17, 15) is 4.79 Å². The number of piperidine rings is 1. The predicted molar refractivity (Wildman–Crippen MR) is 101 cm³/mol. The van der Waals surface area contributed by atoms with Gasteiger partial charge in [-0.2, -0.15) is 0 Å². The van der Waals surface area contributed by atoms with E-state index in [0.717, 1.165) is 54.8 Å². The maximum Gasteiger partial charge on any atom is 0.322 e. The molecule has 0 unspecified atom stereocenters. The Labute approximate surface area is 155 Å². The molecule has 1 fully saturated rings. The van der Waals surface area contributed by atoms with Gasteiger partial charge in [-0.15, -0.1) is 11.3 Å². The largest absolute Gasteiger partial charge is 0.346 e. The normalized spacial score (nSPS) is 18.9. The summed E-state index contributed by atoms with van der Waals surface area (Å²) in [6, 6.07) is 2.24. The Morgan fingerprint density at radius 1 is 1.27 bits per heavy atom. The number of nitrogens with zero attached hydrogens (tertiary/aromatic N) is 4. The van der Waals surface area contributed by atoms with Gasteiger partial charge in [0, 0.05) is 66.6 Å². The highest BCUT2D eigenvalue weighted by molar-refractivity contribution is 7.09. The summed E-state index contributed by atoms with van der Waals surface area (Å²) in [5.74, 6) is 0. The standard InChI is InChI=1S/C18H20N6OS/c25-18-22-8-12-7-21-17-15(1-4-20-17)16(12)24(18)13-2-5-23(6-3-13)10-14-9-19-11-26-14/h1,4,7,9,11,13H,2-3,5-6,8,10H2,(H,20,21)(H,22,25). The molecule has 2 aliphatic rings. The number of fused-ring (bicyclic) bond motifs is 3. The summed E-state index contributed by atoms with van der Waals surface area (Å²) in [6.07, 6.45) is 7.65. The van der Waals surface area contributed by atoms with Crippen molar-refractivity contribution in [2.75, 3.05) is 18.0 Å². The van der Waals surface area contributed by atoms with Crippen molar-refractivity contribution in [3.63, 3.8) is 0 Å². The molecule has 7 nitrogen and oxygen atoms in total. The molecule has 0 bridgehead atoms. The van der Waals surface area contributed by atoms with Gasteiger partial charge in [-0.25, -0.2) is 9.78 Å². The van der Waals surface area contributed by atoms with Gasteiger partial charge in [-0.3, -0.25) is 14.8 Å². The van der Waals surface area contributed by atoms with E-state index in [4.69, 9.17) is 0 Å². The zero-order valence-corrected chi connectivity index (χ0v) is 15.1. The van der Waals surface area contributed by atoms with Crippen LogP contribution in [-0.2, 0) is 13.1 Å². The first-order valence-electron chi connectivity index (χ1n) is 8.91. The first-order valence-corrected chi connectivity index (χ1v) is 9.79. The number of likely N-dealkylation sites (tertiary alicyclic amines) is 1. The van der Waals surface area contributed by atoms with E-state index in [1.165, 1.54) is 4.88 Å². The molecule has 5 heterocycles. The third-order valence-corrected chi connectivity index (χ3v) is 6.07. The van der Waals surface area contributed by atoms with E-state index in [1.54, 1.807) is 11.3 Å². The van der Waals surface area contributed by atoms with Crippen LogP contribution in [0.1, 0.15) is 23.3 Å². The van der Waals surface area contributed by atoms with E-state index < -0.39 is 0 Å². The Kier molecular flexibility index (Phi) is 3.86. The molecule has 1 saturated heterocycles. The number of carbonyl (C=O) groups is 1. The van der Waals surface area contributed by atoms with Crippen molar-refractivity contribution in [1.29, 1.82) is 0 Å². The smallest absolute Gasteiger partial charge is 0.322 e. The van der Waals surface area contributed by atoms with Crippen LogP contribution in [0.2, 0.25) is 0 Å². The molecule has 2 aliphatic heterocycles. The molecule has 0 radical (unpaired) electrons. The molecule has 0 saturated carbocycles. The van der Waals surface area contributed by atoms with Crippen LogP contribution in [0.25, 0.3) is 11.0 Å². The fraction of sp³-hybridized carbons (Fsp3) is 0.389. The molecule has 2 N–H and O–H groups in total. The molecule has 26 heavy (non-hydrogen) atoms. The van der Waals surface area contributed by atoms with E-state index in [0.29, 0.717) is 6.54 Å². The van der Waals surface area contributed by atoms with Crippen LogP contribution >= 0.6 is 11.3 Å². The van der Waals surface area contributed by atoms with Crippen molar-refractivity contribution < 1.29 is 4.79 Å². The minimum atomic E-state index is 0.00658. The van der Waals surface area contributed by atoms with Crippen LogP contribution in [-0.4, -0.2) is 45.0 Å². The van der Waals surface area contributed by atoms with Crippen LogP contribution in [0.4, 0.5) is 10.5 Å². The summed E-state index contributed by atoms with van der Waals surface area (Å²) < 4.78 is 0. The summed E-state index contributed by atoms with van der Waals surface area (Å²) in [7, 11) is 0. The van der Waals surface area contributed by atoms with E-state index in [2.05, 4.69) is 25.2 Å². The average molecular weight is 368 g/mol. The minimum Gasteiger partial charge on any atom is -0.346 e. The molecule has 2 amide bonds. The summed E-state index contributed by atoms with van der Waals surface area (Å²) in [5.41, 5.74) is 4.84. The summed E-state index contributed by atoms with van der Waals surface area (Å²) in [4.78, 5) is 30.2. The number of aromatic amines is 1. The zero-order valence-electron chi connectivity index (χ0n) is 14.3. The minimum absolute atomic E-state index is 0.00658. The van der Waals surface area contributed by atoms with E-state index in [1.807, 2.05) is 35.1 Å². The second kappa shape index (κ2) is 6.37. The number of H-pyrrole nitrogens is 1. The lowest BCUT2D eigenvalue weighted by molar-refractivity contribution is 0.197. The van der Waals surface area contributed by atoms with Gasteiger partial charge in [0.15, 0.2) is 0 Å². The van der Waals surface area contributed by atoms with Crippen molar-refractivity contribution in [2.24, 2.45) is 0 Å². The molecule has 0 aliphatic carbocycles. The lowest BCUT2D eigenvalue weighted by Gasteiger charge is -2.41. The number of hydrogen-bond acceptors (Lipinski definition) is 5. The summed E-state index contributed by atoms with van der Waals surface area (Å²) >= 11 is 1.70. The number of hydrogen-bond donors (Lipinski definition) is 2. The average Bonchev–Trinajstić information content (AvgIpc) is 3.34. The van der Waals surface area contributed by atoms with Gasteiger partial charge in [0.25, 0.3) is 0 Å². The third-order valence-electron chi connectivity index (χ3n) is 5.31. The Morgan fingerprint density at radius 2 is 2.15 bits per heavy atom. The Morgan fingerprint density at radius 3 is 2.96 bits per heavy atom. The Bertz CT molecular complexity index is 928. The number of nitrogens with one attached hydrogen (secondary N) is 2. The highest BCUT2D eigenvalue weighted by Gasteiger charge is 2.34. The predicted octanol–water partition coefficient (Wildman–Crippen LogP) is 2.71. The summed E-state index contributed by atoms with van der Waals surface area (Å²) in [5, 5.41) is 4.04. The van der Waals surface area contributed by atoms with Gasteiger partial charge >= 0.3 is 6.03 Å². The molecule has 5 rings (SSSR count). The molecular formula is C18H20N6OS. The van der Waals surface area contributed by atoms with E-state index in [-0.39, 0.29) is 12.1 Å². The van der Waals surface area contributed by atoms with Crippen LogP contribution in [0, 0.1) is 0 Å². The monoisotopic (exact) mass is 368 g/mol. The molecule has 0 aromatic carbocycles. The van der Waals surface area contributed by atoms with Crippen molar-refractivity contribution in [1.82, 2.24) is 25.2 Å². The van der Waals surface area contributed by atoms with Crippen LogP contribution in [0.3, 0.4) is 0 Å². The van der Waals surface area contributed by atoms with Crippen molar-refractivity contribution in [3.05, 3.63) is 40.6 Å². The second-order valence-corrected chi connectivity index (χ2v) is 7.85. The molecule has 134 valence electrons. The van der Waals surface area contributed by atoms with Gasteiger partial charge in [-0.1, -0.05) is 0 Å². The molecule has 0 spiro atoms. The van der Waals surface area contributed by atoms with Gasteiger partial charge in [0.2, 0.25) is 0 Å². The number of rotatable bonds is 3. The summed E-state index contributed by atoms with van der Waals surface area (Å²) in [6.45, 7) is 3.47. The van der Waals surface area contributed by atoms with Crippen LogP contribution in [0.15, 0.2) is 30.2 Å². The first kappa shape index (κ1) is 15.8. The van der Waals surface area contributed by atoms with E-state index >= 15 is 0 Å². The van der Waals surface area contributed by atoms with Gasteiger partial charge in [0.1, 0.15) is 5.65 Å². The van der Waals surface area contributed by atoms with Gasteiger partial charge < -0.3 is 10.3 Å². The number of thiazole rings is 1. The highest BCUT2D eigenvalue weighted by atomic mass is 32.1. The number of carbonyl (C=O) groups excluding carboxylic acids is 1. The molecule has 0 atom stereocenters. The number of pyridine rings is 1. The Balaban J connectivity index is 1.39. The number of aromatic nitrogens is 3. The number of anilines is 1. The topological polar surface area (TPSA) is 77.2 Å². The van der Waals surface area contributed by atoms with Gasteiger partial charge in [0.05, 0.1) is 11.2 Å². The number of urea groups is 1. The van der Waals surface area contributed by atoms with Gasteiger partial charge in [-0.05, 0) is 18.9 Å². The molecule has 3 aromatic heterocycles. The fourth-order valence-electron chi connectivity index (χ4n) is 4.03. The fourth-order valence-corrected chi connectivity index (χ4v) is 4.67. The SMILES string of the molecule is O=C1NCc2cnc3[nH]ccc3c2N1C1CCN(Cc2cncs2)CC1. The zero-order chi connectivity index (χ0) is 17.5. The lowest BCUT2D eigenvalue weighted by Crippen LogP contribution is -2.53. The van der Waals surface area contributed by atoms with Crippen molar-refractivity contribution >= 4 is 34.1 Å². The second-order valence-electron chi connectivity index (χ2n) is 6.88. The highest BCUT2D eigenvalue weighted by Crippen LogP contribution is 2.35. The third kappa shape index (κ3) is 2.65. The number of amides is 2. The van der Waals surface area contributed by atoms with Crippen LogP contribution in [0.5, 0.6) is 0 Å². The first-order chi connectivity index (χ1) is 12.8. The van der Waals surface area contributed by atoms with Crippen LogP contribution < -0.4 is 10.2 Å². The molecule has 3 aromatic rings. The maximum atomic E-state index is 12.7. The lowest BCUT2D eigenvalue weighted by atomic mass is 9.99. The quantitative estimate of drug-likeness (QED) is 0.745. The maximum absolute atomic E-state index is 12.7. The van der Waals surface area contributed by atoms with Crippen molar-refractivity contribution in [2.45, 2.75) is 32.0 Å².